The average molecular weight is 186 g/mol. The standard InChI is InChI=1S/C9H18N2O2/c1-6(4-10)9(13)11-5-7(2)8(3)12/h6-7H,4-5,10H2,1-3H3,(H,11,13). The molecule has 2 atom stereocenters. The maximum Gasteiger partial charge on any atom is 0.224 e. The van der Waals surface area contributed by atoms with Crippen LogP contribution in [0.25, 0.3) is 0 Å². The van der Waals surface area contributed by atoms with Gasteiger partial charge in [0.25, 0.3) is 0 Å². The van der Waals surface area contributed by atoms with E-state index in [1.54, 1.807) is 13.8 Å². The third-order valence-corrected chi connectivity index (χ3v) is 2.08. The Bertz CT molecular complexity index is 192. The number of nitrogens with two attached hydrogens (primary N) is 1. The van der Waals surface area contributed by atoms with Crippen LogP contribution in [-0.4, -0.2) is 24.8 Å². The molecule has 4 nitrogen and oxygen atoms in total. The van der Waals surface area contributed by atoms with Crippen LogP contribution in [0.3, 0.4) is 0 Å². The van der Waals surface area contributed by atoms with Crippen molar-refractivity contribution in [1.82, 2.24) is 5.32 Å². The van der Waals surface area contributed by atoms with Gasteiger partial charge in [0.15, 0.2) is 0 Å². The number of hydrogen-bond acceptors (Lipinski definition) is 3. The molecule has 0 aromatic rings. The second-order valence-corrected chi connectivity index (χ2v) is 3.39. The Morgan fingerprint density at radius 1 is 1.31 bits per heavy atom. The van der Waals surface area contributed by atoms with Crippen LogP contribution < -0.4 is 11.1 Å². The number of carbonyl (C=O) groups excluding carboxylic acids is 2. The first-order valence-corrected chi connectivity index (χ1v) is 4.47. The third-order valence-electron chi connectivity index (χ3n) is 2.08. The average Bonchev–Trinajstić information content (AvgIpc) is 2.11. The summed E-state index contributed by atoms with van der Waals surface area (Å²) in [7, 11) is 0. The minimum absolute atomic E-state index is 0.0840. The smallest absolute Gasteiger partial charge is 0.224 e. The molecule has 3 N–H and O–H groups in total. The number of Topliss-reactive ketones (excluding diaryl/α,β-unsaturated/α-hetero) is 1. The summed E-state index contributed by atoms with van der Waals surface area (Å²) >= 11 is 0. The number of rotatable bonds is 5. The summed E-state index contributed by atoms with van der Waals surface area (Å²) in [6.45, 7) is 5.80. The normalized spacial score (nSPS) is 14.8. The lowest BCUT2D eigenvalue weighted by molar-refractivity contribution is -0.125. The number of nitrogens with one attached hydrogen (secondary N) is 1. The van der Waals surface area contributed by atoms with Crippen molar-refractivity contribution >= 4 is 11.7 Å². The van der Waals surface area contributed by atoms with Gasteiger partial charge in [-0.15, -0.1) is 0 Å². The molecular formula is C9H18N2O2. The van der Waals surface area contributed by atoms with Gasteiger partial charge in [0.2, 0.25) is 5.91 Å². The first kappa shape index (κ1) is 12.1. The molecule has 0 aromatic heterocycles. The molecule has 0 heterocycles. The van der Waals surface area contributed by atoms with E-state index in [1.807, 2.05) is 0 Å². The number of hydrogen-bond donors (Lipinski definition) is 2. The van der Waals surface area contributed by atoms with Crippen molar-refractivity contribution in [2.45, 2.75) is 20.8 Å². The molecular weight excluding hydrogens is 168 g/mol. The Morgan fingerprint density at radius 3 is 2.23 bits per heavy atom. The molecule has 2 unspecified atom stereocenters. The SMILES string of the molecule is CC(=O)C(C)CNC(=O)C(C)CN. The lowest BCUT2D eigenvalue weighted by Gasteiger charge is -2.12. The Labute approximate surface area is 78.9 Å². The molecule has 0 aromatic carbocycles. The van der Waals surface area contributed by atoms with Gasteiger partial charge in [-0.05, 0) is 6.92 Å². The Balaban J connectivity index is 3.76. The molecule has 0 radical (unpaired) electrons. The van der Waals surface area contributed by atoms with Crippen LogP contribution in [0.2, 0.25) is 0 Å². The van der Waals surface area contributed by atoms with Crippen LogP contribution in [-0.2, 0) is 9.59 Å². The van der Waals surface area contributed by atoms with Gasteiger partial charge in [0.1, 0.15) is 5.78 Å². The first-order valence-electron chi connectivity index (χ1n) is 4.47. The molecule has 0 fully saturated rings. The lowest BCUT2D eigenvalue weighted by atomic mass is 10.1. The molecule has 0 aliphatic rings. The highest BCUT2D eigenvalue weighted by atomic mass is 16.2. The van der Waals surface area contributed by atoms with E-state index in [-0.39, 0.29) is 23.5 Å². The molecule has 0 spiro atoms. The second-order valence-electron chi connectivity index (χ2n) is 3.39. The van der Waals surface area contributed by atoms with E-state index >= 15 is 0 Å². The summed E-state index contributed by atoms with van der Waals surface area (Å²) in [5, 5.41) is 2.67. The van der Waals surface area contributed by atoms with Crippen LogP contribution in [0.1, 0.15) is 20.8 Å². The van der Waals surface area contributed by atoms with E-state index < -0.39 is 0 Å². The van der Waals surface area contributed by atoms with Crippen LogP contribution in [0.5, 0.6) is 0 Å². The monoisotopic (exact) mass is 186 g/mol. The topological polar surface area (TPSA) is 72.2 Å². The number of amides is 1. The van der Waals surface area contributed by atoms with E-state index in [2.05, 4.69) is 5.32 Å². The van der Waals surface area contributed by atoms with Gasteiger partial charge in [0, 0.05) is 24.9 Å². The summed E-state index contributed by atoms with van der Waals surface area (Å²) in [4.78, 5) is 22.0. The summed E-state index contributed by atoms with van der Waals surface area (Å²) in [5.41, 5.74) is 5.31. The minimum Gasteiger partial charge on any atom is -0.355 e. The van der Waals surface area contributed by atoms with Crippen LogP contribution >= 0.6 is 0 Å². The fourth-order valence-corrected chi connectivity index (χ4v) is 0.679. The number of ketones is 1. The van der Waals surface area contributed by atoms with Gasteiger partial charge in [-0.2, -0.15) is 0 Å². The van der Waals surface area contributed by atoms with Crippen molar-refractivity contribution < 1.29 is 9.59 Å². The van der Waals surface area contributed by atoms with Gasteiger partial charge in [-0.3, -0.25) is 9.59 Å². The molecule has 0 aliphatic heterocycles. The van der Waals surface area contributed by atoms with E-state index in [1.165, 1.54) is 6.92 Å². The zero-order valence-corrected chi connectivity index (χ0v) is 8.46. The van der Waals surface area contributed by atoms with Crippen molar-refractivity contribution in [3.8, 4) is 0 Å². The van der Waals surface area contributed by atoms with Crippen LogP contribution in [0.15, 0.2) is 0 Å². The van der Waals surface area contributed by atoms with Crippen molar-refractivity contribution in [2.24, 2.45) is 17.6 Å². The Morgan fingerprint density at radius 2 is 1.85 bits per heavy atom. The maximum atomic E-state index is 11.2. The highest BCUT2D eigenvalue weighted by molar-refractivity contribution is 5.81. The number of carbonyl (C=O) groups is 2. The zero-order chi connectivity index (χ0) is 10.4. The second kappa shape index (κ2) is 5.70. The summed E-state index contributed by atoms with van der Waals surface area (Å²) in [5.74, 6) is -0.301. The van der Waals surface area contributed by atoms with Crippen molar-refractivity contribution in [3.05, 3.63) is 0 Å². The van der Waals surface area contributed by atoms with Crippen molar-refractivity contribution in [2.75, 3.05) is 13.1 Å². The van der Waals surface area contributed by atoms with Crippen molar-refractivity contribution in [1.29, 1.82) is 0 Å². The maximum absolute atomic E-state index is 11.2. The highest BCUT2D eigenvalue weighted by Crippen LogP contribution is 1.95. The van der Waals surface area contributed by atoms with Gasteiger partial charge in [0.05, 0.1) is 0 Å². The Kier molecular flexibility index (Phi) is 5.30. The molecule has 1 amide bonds. The predicted octanol–water partition coefficient (Wildman–Crippen LogP) is -0.0775. The fourth-order valence-electron chi connectivity index (χ4n) is 0.679. The van der Waals surface area contributed by atoms with Crippen LogP contribution in [0.4, 0.5) is 0 Å². The van der Waals surface area contributed by atoms with Gasteiger partial charge < -0.3 is 11.1 Å². The van der Waals surface area contributed by atoms with E-state index in [0.717, 1.165) is 0 Å². The fraction of sp³-hybridized carbons (Fsp3) is 0.778. The van der Waals surface area contributed by atoms with Gasteiger partial charge >= 0.3 is 0 Å². The molecule has 4 heteroatoms. The van der Waals surface area contributed by atoms with Crippen LogP contribution in [0, 0.1) is 11.8 Å². The molecule has 0 bridgehead atoms. The molecule has 0 saturated heterocycles. The lowest BCUT2D eigenvalue weighted by Crippen LogP contribution is -2.37. The first-order chi connectivity index (χ1) is 5.99. The zero-order valence-electron chi connectivity index (χ0n) is 8.46. The molecule has 13 heavy (non-hydrogen) atoms. The van der Waals surface area contributed by atoms with Gasteiger partial charge in [-0.25, -0.2) is 0 Å². The molecule has 0 saturated carbocycles. The summed E-state index contributed by atoms with van der Waals surface area (Å²) in [6, 6.07) is 0. The molecule has 0 aliphatic carbocycles. The van der Waals surface area contributed by atoms with E-state index in [9.17, 15) is 9.59 Å². The largest absolute Gasteiger partial charge is 0.355 e. The van der Waals surface area contributed by atoms with Gasteiger partial charge in [-0.1, -0.05) is 13.8 Å². The summed E-state index contributed by atoms with van der Waals surface area (Å²) in [6.07, 6.45) is 0. The van der Waals surface area contributed by atoms with Crippen molar-refractivity contribution in [3.63, 3.8) is 0 Å². The quantitative estimate of drug-likeness (QED) is 0.631. The molecule has 0 rings (SSSR count). The highest BCUT2D eigenvalue weighted by Gasteiger charge is 2.13. The minimum atomic E-state index is -0.181. The summed E-state index contributed by atoms with van der Waals surface area (Å²) < 4.78 is 0. The van der Waals surface area contributed by atoms with E-state index in [0.29, 0.717) is 13.1 Å². The van der Waals surface area contributed by atoms with E-state index in [4.69, 9.17) is 5.73 Å². The third kappa shape index (κ3) is 4.62. The Hall–Kier alpha value is -0.900. The molecule has 76 valence electrons. The predicted molar refractivity (Wildman–Crippen MR) is 51.1 cm³/mol.